The molecule has 7 heteroatoms. The van der Waals surface area contributed by atoms with Crippen molar-refractivity contribution >= 4 is 41.4 Å². The summed E-state index contributed by atoms with van der Waals surface area (Å²) in [5.41, 5.74) is 1.17. The SMILES string of the molecule is CCC(C=O)N1C(=O)[C@@H](CC(=O)OC(C)(C)C)C[C@H](c2cccc(Cl)c2)[C@H]1c1ccc(Cl)cc1. The number of benzene rings is 2. The van der Waals surface area contributed by atoms with Crippen LogP contribution in [-0.2, 0) is 19.1 Å². The Morgan fingerprint density at radius 1 is 1.12 bits per heavy atom. The van der Waals surface area contributed by atoms with Crippen molar-refractivity contribution in [2.24, 2.45) is 5.92 Å². The van der Waals surface area contributed by atoms with Gasteiger partial charge in [-0.1, -0.05) is 54.4 Å². The summed E-state index contributed by atoms with van der Waals surface area (Å²) in [7, 11) is 0. The minimum Gasteiger partial charge on any atom is -0.460 e. The van der Waals surface area contributed by atoms with Gasteiger partial charge in [0, 0.05) is 21.9 Å². The van der Waals surface area contributed by atoms with Crippen molar-refractivity contribution in [2.75, 3.05) is 0 Å². The largest absolute Gasteiger partial charge is 0.460 e. The Kier molecular flexibility index (Phi) is 8.43. The third-order valence-electron chi connectivity index (χ3n) is 6.08. The zero-order valence-corrected chi connectivity index (χ0v) is 21.5. The topological polar surface area (TPSA) is 63.7 Å². The third-order valence-corrected chi connectivity index (χ3v) is 6.56. The number of piperidine rings is 1. The maximum absolute atomic E-state index is 13.8. The van der Waals surface area contributed by atoms with E-state index in [1.165, 1.54) is 0 Å². The Bertz CT molecular complexity index is 1030. The summed E-state index contributed by atoms with van der Waals surface area (Å²) in [5.74, 6) is -1.45. The van der Waals surface area contributed by atoms with Crippen LogP contribution < -0.4 is 0 Å². The number of esters is 1. The van der Waals surface area contributed by atoms with E-state index in [1.54, 1.807) is 43.9 Å². The maximum atomic E-state index is 13.8. The lowest BCUT2D eigenvalue weighted by Crippen LogP contribution is -2.52. The summed E-state index contributed by atoms with van der Waals surface area (Å²) >= 11 is 12.5. The van der Waals surface area contributed by atoms with E-state index in [2.05, 4.69) is 0 Å². The lowest BCUT2D eigenvalue weighted by molar-refractivity contribution is -0.162. The van der Waals surface area contributed by atoms with Crippen LogP contribution in [0.3, 0.4) is 0 Å². The molecule has 5 nitrogen and oxygen atoms in total. The number of carbonyl (C=O) groups is 3. The highest BCUT2D eigenvalue weighted by Crippen LogP contribution is 2.47. The number of amides is 1. The fraction of sp³-hybridized carbons (Fsp3) is 0.444. The highest BCUT2D eigenvalue weighted by molar-refractivity contribution is 6.30. The van der Waals surface area contributed by atoms with Crippen LogP contribution in [0.15, 0.2) is 48.5 Å². The fourth-order valence-electron chi connectivity index (χ4n) is 4.67. The van der Waals surface area contributed by atoms with Crippen LogP contribution in [0.1, 0.15) is 70.0 Å². The Balaban J connectivity index is 2.10. The van der Waals surface area contributed by atoms with Gasteiger partial charge in [-0.15, -0.1) is 0 Å². The summed E-state index contributed by atoms with van der Waals surface area (Å²) in [6, 6.07) is 13.8. The molecule has 1 saturated heterocycles. The minimum atomic E-state index is -0.651. The van der Waals surface area contributed by atoms with Gasteiger partial charge in [-0.2, -0.15) is 0 Å². The standard InChI is InChI=1S/C27H31Cl2NO4/c1-5-22(16-31)30-25(17-9-11-20(28)12-10-17)23(18-7-6-8-21(29)13-18)14-19(26(30)33)15-24(32)34-27(2,3)4/h6-13,16,19,22-23,25H,5,14-15H2,1-4H3/t19-,22?,23-,25-/m1/s1. The number of halogens is 2. The second kappa shape index (κ2) is 10.9. The van der Waals surface area contributed by atoms with Gasteiger partial charge in [-0.05, 0) is 69.0 Å². The number of likely N-dealkylation sites (tertiary alicyclic amines) is 1. The molecule has 1 aliphatic rings. The van der Waals surface area contributed by atoms with Crippen LogP contribution >= 0.6 is 23.2 Å². The van der Waals surface area contributed by atoms with Gasteiger partial charge in [0.25, 0.3) is 0 Å². The van der Waals surface area contributed by atoms with Crippen molar-refractivity contribution in [1.29, 1.82) is 0 Å². The summed E-state index contributed by atoms with van der Waals surface area (Å²) in [5, 5.41) is 1.17. The Labute approximate surface area is 211 Å². The summed E-state index contributed by atoms with van der Waals surface area (Å²) in [4.78, 5) is 40.2. The normalized spacial score (nSPS) is 21.8. The van der Waals surface area contributed by atoms with Gasteiger partial charge in [-0.25, -0.2) is 0 Å². The molecule has 1 heterocycles. The van der Waals surface area contributed by atoms with E-state index in [0.29, 0.717) is 22.9 Å². The van der Waals surface area contributed by atoms with E-state index in [4.69, 9.17) is 27.9 Å². The van der Waals surface area contributed by atoms with Crippen molar-refractivity contribution in [1.82, 2.24) is 4.90 Å². The zero-order valence-electron chi connectivity index (χ0n) is 20.0. The van der Waals surface area contributed by atoms with Crippen LogP contribution in [-0.4, -0.2) is 34.7 Å². The van der Waals surface area contributed by atoms with Crippen LogP contribution in [0.4, 0.5) is 0 Å². The first-order valence-electron chi connectivity index (χ1n) is 11.5. The molecule has 2 aromatic rings. The molecule has 182 valence electrons. The Morgan fingerprint density at radius 2 is 1.79 bits per heavy atom. The van der Waals surface area contributed by atoms with E-state index >= 15 is 0 Å². The van der Waals surface area contributed by atoms with E-state index in [0.717, 1.165) is 17.4 Å². The minimum absolute atomic E-state index is 0.0493. The lowest BCUT2D eigenvalue weighted by Gasteiger charge is -2.47. The number of hydrogen-bond acceptors (Lipinski definition) is 4. The van der Waals surface area contributed by atoms with Gasteiger partial charge in [0.05, 0.1) is 18.5 Å². The molecule has 0 radical (unpaired) electrons. The highest BCUT2D eigenvalue weighted by atomic mass is 35.5. The monoisotopic (exact) mass is 503 g/mol. The van der Waals surface area contributed by atoms with Crippen LogP contribution in [0, 0.1) is 5.92 Å². The van der Waals surface area contributed by atoms with Gasteiger partial charge in [0.1, 0.15) is 11.9 Å². The Morgan fingerprint density at radius 3 is 2.35 bits per heavy atom. The maximum Gasteiger partial charge on any atom is 0.307 e. The van der Waals surface area contributed by atoms with Gasteiger partial charge in [0.2, 0.25) is 5.91 Å². The van der Waals surface area contributed by atoms with Gasteiger partial charge in [-0.3, -0.25) is 9.59 Å². The van der Waals surface area contributed by atoms with Gasteiger partial charge < -0.3 is 14.4 Å². The molecule has 1 fully saturated rings. The number of nitrogens with zero attached hydrogens (tertiary/aromatic N) is 1. The smallest absolute Gasteiger partial charge is 0.307 e. The molecule has 0 N–H and O–H groups in total. The van der Waals surface area contributed by atoms with Crippen LogP contribution in [0.5, 0.6) is 0 Å². The zero-order chi connectivity index (χ0) is 25.0. The molecule has 0 saturated carbocycles. The number of hydrogen-bond donors (Lipinski definition) is 0. The molecule has 0 aromatic heterocycles. The molecule has 2 aromatic carbocycles. The average molecular weight is 504 g/mol. The molecule has 1 aliphatic heterocycles. The molecular formula is C27H31Cl2NO4. The summed E-state index contributed by atoms with van der Waals surface area (Å²) in [6.07, 6.45) is 1.65. The molecule has 0 aliphatic carbocycles. The number of carbonyl (C=O) groups excluding carboxylic acids is 3. The molecule has 34 heavy (non-hydrogen) atoms. The summed E-state index contributed by atoms with van der Waals surface area (Å²) in [6.45, 7) is 7.26. The number of aldehydes is 1. The third kappa shape index (κ3) is 6.19. The average Bonchev–Trinajstić information content (AvgIpc) is 2.76. The van der Waals surface area contributed by atoms with Crippen LogP contribution in [0.2, 0.25) is 10.0 Å². The van der Waals surface area contributed by atoms with E-state index in [1.807, 2.05) is 37.3 Å². The summed E-state index contributed by atoms with van der Waals surface area (Å²) < 4.78 is 5.51. The first kappa shape index (κ1) is 26.2. The second-order valence-electron chi connectivity index (χ2n) is 9.74. The first-order chi connectivity index (χ1) is 16.0. The molecule has 3 rings (SSSR count). The molecule has 0 bridgehead atoms. The quantitative estimate of drug-likeness (QED) is 0.325. The predicted molar refractivity (Wildman–Crippen MR) is 134 cm³/mol. The van der Waals surface area contributed by atoms with Crippen molar-refractivity contribution in [2.45, 2.75) is 70.6 Å². The van der Waals surface area contributed by atoms with Gasteiger partial charge >= 0.3 is 5.97 Å². The number of rotatable bonds is 7. The van der Waals surface area contributed by atoms with Crippen molar-refractivity contribution in [3.8, 4) is 0 Å². The van der Waals surface area contributed by atoms with E-state index < -0.39 is 29.6 Å². The van der Waals surface area contributed by atoms with E-state index in [9.17, 15) is 14.4 Å². The number of ether oxygens (including phenoxy) is 1. The second-order valence-corrected chi connectivity index (χ2v) is 10.6. The molecule has 1 unspecified atom stereocenters. The van der Waals surface area contributed by atoms with Crippen molar-refractivity contribution in [3.63, 3.8) is 0 Å². The van der Waals surface area contributed by atoms with Crippen molar-refractivity contribution in [3.05, 3.63) is 69.7 Å². The molecular weight excluding hydrogens is 473 g/mol. The fourth-order valence-corrected chi connectivity index (χ4v) is 4.99. The first-order valence-corrected chi connectivity index (χ1v) is 12.3. The van der Waals surface area contributed by atoms with E-state index in [-0.39, 0.29) is 18.2 Å². The highest BCUT2D eigenvalue weighted by Gasteiger charge is 2.46. The predicted octanol–water partition coefficient (Wildman–Crippen LogP) is 6.38. The Hall–Kier alpha value is -2.37. The molecule has 1 amide bonds. The lowest BCUT2D eigenvalue weighted by atomic mass is 9.74. The van der Waals surface area contributed by atoms with Crippen molar-refractivity contribution < 1.29 is 19.1 Å². The van der Waals surface area contributed by atoms with Crippen LogP contribution in [0.25, 0.3) is 0 Å². The molecule has 4 atom stereocenters. The van der Waals surface area contributed by atoms with Gasteiger partial charge in [0.15, 0.2) is 0 Å². The molecule has 0 spiro atoms.